The van der Waals surface area contributed by atoms with Crippen molar-refractivity contribution in [2.45, 2.75) is 38.3 Å². The van der Waals surface area contributed by atoms with E-state index >= 15 is 0 Å². The molecule has 1 aromatic carbocycles. The van der Waals surface area contributed by atoms with Crippen molar-refractivity contribution in [3.8, 4) is 5.75 Å². The normalized spacial score (nSPS) is 22.1. The van der Waals surface area contributed by atoms with Crippen molar-refractivity contribution < 1.29 is 23.4 Å². The summed E-state index contributed by atoms with van der Waals surface area (Å²) >= 11 is 0. The Morgan fingerprint density at radius 2 is 1.95 bits per heavy atom. The lowest BCUT2D eigenvalue weighted by Crippen LogP contribution is -2.38. The summed E-state index contributed by atoms with van der Waals surface area (Å²) in [5, 5.41) is 11.9. The van der Waals surface area contributed by atoms with Gasteiger partial charge in [-0.1, -0.05) is 12.1 Å². The SMILES string of the molecule is O=C(NC1CCC(CO)CC1)c1ccccc1OC(F)F. The molecular weight excluding hydrogens is 280 g/mol. The van der Waals surface area contributed by atoms with Crippen molar-refractivity contribution in [2.75, 3.05) is 6.61 Å². The van der Waals surface area contributed by atoms with Gasteiger partial charge in [0.1, 0.15) is 5.75 Å². The summed E-state index contributed by atoms with van der Waals surface area (Å²) in [4.78, 5) is 12.2. The molecule has 1 saturated carbocycles. The van der Waals surface area contributed by atoms with Crippen LogP contribution in [0.2, 0.25) is 0 Å². The van der Waals surface area contributed by atoms with Gasteiger partial charge in [0, 0.05) is 12.6 Å². The molecule has 0 atom stereocenters. The number of benzene rings is 1. The highest BCUT2D eigenvalue weighted by Gasteiger charge is 2.23. The number of amides is 1. The van der Waals surface area contributed by atoms with Crippen molar-refractivity contribution in [3.05, 3.63) is 29.8 Å². The number of carbonyl (C=O) groups is 1. The zero-order valence-electron chi connectivity index (χ0n) is 11.6. The number of hydrogen-bond donors (Lipinski definition) is 2. The van der Waals surface area contributed by atoms with Gasteiger partial charge in [0.25, 0.3) is 5.91 Å². The van der Waals surface area contributed by atoms with Crippen LogP contribution >= 0.6 is 0 Å². The summed E-state index contributed by atoms with van der Waals surface area (Å²) in [6, 6.07) is 5.98. The Balaban J connectivity index is 1.97. The molecule has 116 valence electrons. The lowest BCUT2D eigenvalue weighted by atomic mass is 9.86. The Labute approximate surface area is 122 Å². The van der Waals surface area contributed by atoms with Crippen LogP contribution in [-0.4, -0.2) is 30.3 Å². The van der Waals surface area contributed by atoms with Gasteiger partial charge in [-0.25, -0.2) is 0 Å². The molecule has 1 aliphatic carbocycles. The summed E-state index contributed by atoms with van der Waals surface area (Å²) in [6.45, 7) is -2.79. The van der Waals surface area contributed by atoms with Gasteiger partial charge in [0.15, 0.2) is 0 Å². The highest BCUT2D eigenvalue weighted by Crippen LogP contribution is 2.25. The minimum Gasteiger partial charge on any atom is -0.434 e. The molecule has 2 N–H and O–H groups in total. The van der Waals surface area contributed by atoms with Gasteiger partial charge in [-0.2, -0.15) is 8.78 Å². The van der Waals surface area contributed by atoms with Gasteiger partial charge in [0.2, 0.25) is 0 Å². The molecule has 1 aliphatic rings. The van der Waals surface area contributed by atoms with E-state index in [2.05, 4.69) is 10.1 Å². The first-order valence-electron chi connectivity index (χ1n) is 7.05. The van der Waals surface area contributed by atoms with Gasteiger partial charge < -0.3 is 15.2 Å². The smallest absolute Gasteiger partial charge is 0.387 e. The minimum absolute atomic E-state index is 0.0138. The van der Waals surface area contributed by atoms with Crippen LogP contribution in [0.5, 0.6) is 5.75 Å². The number of alkyl halides is 2. The Bertz CT molecular complexity index is 474. The van der Waals surface area contributed by atoms with Gasteiger partial charge in [0.05, 0.1) is 5.56 Å². The van der Waals surface area contributed by atoms with E-state index in [1.807, 2.05) is 0 Å². The maximum Gasteiger partial charge on any atom is 0.387 e. The molecule has 2 rings (SSSR count). The molecule has 1 amide bonds. The topological polar surface area (TPSA) is 58.6 Å². The Morgan fingerprint density at radius 1 is 1.29 bits per heavy atom. The van der Waals surface area contributed by atoms with Gasteiger partial charge >= 0.3 is 6.61 Å². The number of halogens is 2. The molecule has 4 nitrogen and oxygen atoms in total. The maximum absolute atomic E-state index is 12.3. The number of carbonyl (C=O) groups excluding carboxylic acids is 1. The van der Waals surface area contributed by atoms with E-state index in [0.717, 1.165) is 25.7 Å². The van der Waals surface area contributed by atoms with Crippen LogP contribution in [-0.2, 0) is 0 Å². The lowest BCUT2D eigenvalue weighted by Gasteiger charge is -2.28. The molecule has 0 bridgehead atoms. The minimum atomic E-state index is -2.96. The second-order valence-electron chi connectivity index (χ2n) is 5.25. The first kappa shape index (κ1) is 15.7. The van der Waals surface area contributed by atoms with Gasteiger partial charge in [-0.3, -0.25) is 4.79 Å². The molecule has 0 heterocycles. The quantitative estimate of drug-likeness (QED) is 0.878. The largest absolute Gasteiger partial charge is 0.434 e. The average molecular weight is 299 g/mol. The zero-order chi connectivity index (χ0) is 15.2. The van der Waals surface area contributed by atoms with E-state index in [1.165, 1.54) is 12.1 Å². The molecule has 21 heavy (non-hydrogen) atoms. The van der Waals surface area contributed by atoms with Crippen molar-refractivity contribution in [2.24, 2.45) is 5.92 Å². The Morgan fingerprint density at radius 3 is 2.57 bits per heavy atom. The first-order chi connectivity index (χ1) is 10.1. The lowest BCUT2D eigenvalue weighted by molar-refractivity contribution is -0.0501. The molecular formula is C15H19F2NO3. The Hall–Kier alpha value is -1.69. The monoisotopic (exact) mass is 299 g/mol. The molecule has 0 aromatic heterocycles. The number of para-hydroxylation sites is 1. The number of aliphatic hydroxyl groups excluding tert-OH is 1. The van der Waals surface area contributed by atoms with E-state index in [0.29, 0.717) is 5.92 Å². The van der Waals surface area contributed by atoms with E-state index in [9.17, 15) is 13.6 Å². The van der Waals surface area contributed by atoms with E-state index in [1.54, 1.807) is 12.1 Å². The van der Waals surface area contributed by atoms with Crippen molar-refractivity contribution in [1.82, 2.24) is 5.32 Å². The second-order valence-corrected chi connectivity index (χ2v) is 5.25. The third-order valence-electron chi connectivity index (χ3n) is 3.79. The summed E-state index contributed by atoms with van der Waals surface area (Å²) in [5.74, 6) is -0.222. The fourth-order valence-electron chi connectivity index (χ4n) is 2.61. The third kappa shape index (κ3) is 4.39. The maximum atomic E-state index is 12.3. The van der Waals surface area contributed by atoms with Crippen molar-refractivity contribution in [3.63, 3.8) is 0 Å². The molecule has 1 aromatic rings. The highest BCUT2D eigenvalue weighted by atomic mass is 19.3. The fourth-order valence-corrected chi connectivity index (χ4v) is 2.61. The molecule has 0 spiro atoms. The molecule has 1 fully saturated rings. The fraction of sp³-hybridized carbons (Fsp3) is 0.533. The van der Waals surface area contributed by atoms with Crippen LogP contribution in [0.15, 0.2) is 24.3 Å². The summed E-state index contributed by atoms with van der Waals surface area (Å²) in [6.07, 6.45) is 3.29. The van der Waals surface area contributed by atoms with E-state index < -0.39 is 12.5 Å². The molecule has 6 heteroatoms. The van der Waals surface area contributed by atoms with E-state index in [4.69, 9.17) is 5.11 Å². The predicted molar refractivity (Wildman–Crippen MR) is 73.4 cm³/mol. The van der Waals surface area contributed by atoms with Gasteiger partial charge in [-0.15, -0.1) is 0 Å². The Kier molecular flexibility index (Phi) is 5.50. The standard InChI is InChI=1S/C15H19F2NO3/c16-15(17)21-13-4-2-1-3-12(13)14(20)18-11-7-5-10(9-19)6-8-11/h1-4,10-11,15,19H,5-9H2,(H,18,20). The molecule has 0 saturated heterocycles. The number of aliphatic hydroxyl groups is 1. The number of rotatable bonds is 5. The zero-order valence-corrected chi connectivity index (χ0v) is 11.6. The molecule has 0 radical (unpaired) electrons. The number of hydrogen-bond acceptors (Lipinski definition) is 3. The van der Waals surface area contributed by atoms with Crippen LogP contribution in [0.25, 0.3) is 0 Å². The highest BCUT2D eigenvalue weighted by molar-refractivity contribution is 5.97. The molecule has 0 aliphatic heterocycles. The van der Waals surface area contributed by atoms with Crippen LogP contribution in [0.3, 0.4) is 0 Å². The van der Waals surface area contributed by atoms with Gasteiger partial charge in [-0.05, 0) is 43.7 Å². The van der Waals surface area contributed by atoms with Crippen molar-refractivity contribution in [1.29, 1.82) is 0 Å². The molecule has 0 unspecified atom stereocenters. The van der Waals surface area contributed by atoms with Crippen molar-refractivity contribution >= 4 is 5.91 Å². The third-order valence-corrected chi connectivity index (χ3v) is 3.79. The summed E-state index contributed by atoms with van der Waals surface area (Å²) in [5.41, 5.74) is 0.113. The second kappa shape index (κ2) is 7.36. The van der Waals surface area contributed by atoms with Crippen LogP contribution in [0.4, 0.5) is 8.78 Å². The van der Waals surface area contributed by atoms with Crippen LogP contribution in [0.1, 0.15) is 36.0 Å². The first-order valence-corrected chi connectivity index (χ1v) is 7.05. The van der Waals surface area contributed by atoms with E-state index in [-0.39, 0.29) is 24.0 Å². The van der Waals surface area contributed by atoms with Crippen LogP contribution < -0.4 is 10.1 Å². The van der Waals surface area contributed by atoms with Crippen LogP contribution in [0, 0.1) is 5.92 Å². The number of ether oxygens (including phenoxy) is 1. The summed E-state index contributed by atoms with van der Waals surface area (Å²) in [7, 11) is 0. The number of nitrogens with one attached hydrogen (secondary N) is 1. The summed E-state index contributed by atoms with van der Waals surface area (Å²) < 4.78 is 29.0. The average Bonchev–Trinajstić information content (AvgIpc) is 2.48. The predicted octanol–water partition coefficient (Wildman–Crippen LogP) is 2.57.